The van der Waals surface area contributed by atoms with Crippen molar-refractivity contribution in [1.29, 1.82) is 5.26 Å². The smallest absolute Gasteiger partial charge is 0.237 e. The maximum Gasteiger partial charge on any atom is 0.237 e. The van der Waals surface area contributed by atoms with E-state index in [0.717, 1.165) is 33.5 Å². The lowest BCUT2D eigenvalue weighted by Gasteiger charge is -2.12. The number of nitriles is 1. The Hall–Kier alpha value is -4.51. The van der Waals surface area contributed by atoms with Gasteiger partial charge in [0.05, 0.1) is 12.3 Å². The maximum atomic E-state index is 12.0. The second-order valence-corrected chi connectivity index (χ2v) is 7.52. The van der Waals surface area contributed by atoms with E-state index in [9.17, 15) is 4.79 Å². The van der Waals surface area contributed by atoms with Crippen LogP contribution in [0.1, 0.15) is 17.5 Å². The molecule has 0 unspecified atom stereocenters. The van der Waals surface area contributed by atoms with Crippen LogP contribution in [0.3, 0.4) is 0 Å². The third-order valence-corrected chi connectivity index (χ3v) is 5.41. The fraction of sp³-hybridized carbons (Fsp3) is 0.125. The van der Waals surface area contributed by atoms with Gasteiger partial charge in [0, 0.05) is 42.3 Å². The third kappa shape index (κ3) is 3.91. The minimum Gasteiger partial charge on any atom is -0.340 e. The minimum absolute atomic E-state index is 0.0965. The Bertz CT molecular complexity index is 1310. The summed E-state index contributed by atoms with van der Waals surface area (Å²) in [5.41, 5.74) is 6.07. The van der Waals surface area contributed by atoms with Gasteiger partial charge in [-0.2, -0.15) is 10.4 Å². The number of carbonyl (C=O) groups excluding carboxylic acids is 1. The number of aromatic amines is 1. The zero-order valence-corrected chi connectivity index (χ0v) is 17.1. The average molecular weight is 421 g/mol. The molecule has 0 radical (unpaired) electrons. The third-order valence-electron chi connectivity index (χ3n) is 5.41. The van der Waals surface area contributed by atoms with Gasteiger partial charge in [0.25, 0.3) is 0 Å². The summed E-state index contributed by atoms with van der Waals surface area (Å²) in [6.07, 6.45) is 5.27. The van der Waals surface area contributed by atoms with Crippen LogP contribution >= 0.6 is 0 Å². The number of hydrogen-bond acceptors (Lipinski definition) is 6. The SMILES string of the molecule is N#CCC(=O)N1Cc2ccc(-c3nccc(Nc4ccc(-c5cn[nH]c5)cc4)n3)cc2C1. The van der Waals surface area contributed by atoms with E-state index in [2.05, 4.69) is 25.5 Å². The molecule has 0 atom stereocenters. The molecule has 0 saturated heterocycles. The Kier molecular flexibility index (Phi) is 5.06. The van der Waals surface area contributed by atoms with E-state index >= 15 is 0 Å². The van der Waals surface area contributed by atoms with E-state index in [-0.39, 0.29) is 12.3 Å². The summed E-state index contributed by atoms with van der Waals surface area (Å²) in [5, 5.41) is 18.9. The summed E-state index contributed by atoms with van der Waals surface area (Å²) in [4.78, 5) is 22.8. The summed E-state index contributed by atoms with van der Waals surface area (Å²) in [7, 11) is 0. The molecule has 1 aliphatic heterocycles. The van der Waals surface area contributed by atoms with Gasteiger partial charge in [0.15, 0.2) is 5.82 Å². The number of anilines is 2. The second kappa shape index (κ2) is 8.32. The maximum absolute atomic E-state index is 12.0. The van der Waals surface area contributed by atoms with E-state index in [1.54, 1.807) is 17.3 Å². The molecule has 0 fully saturated rings. The van der Waals surface area contributed by atoms with E-state index in [1.165, 1.54) is 0 Å². The number of amides is 1. The van der Waals surface area contributed by atoms with Crippen molar-refractivity contribution in [3.8, 4) is 28.6 Å². The number of fused-ring (bicyclic) bond motifs is 1. The van der Waals surface area contributed by atoms with Gasteiger partial charge in [0.2, 0.25) is 5.91 Å². The van der Waals surface area contributed by atoms with Gasteiger partial charge in [0.1, 0.15) is 12.2 Å². The van der Waals surface area contributed by atoms with Crippen LogP contribution in [0.25, 0.3) is 22.5 Å². The molecular weight excluding hydrogens is 402 g/mol. The molecule has 2 N–H and O–H groups in total. The van der Waals surface area contributed by atoms with Gasteiger partial charge in [-0.25, -0.2) is 9.97 Å². The lowest BCUT2D eigenvalue weighted by Crippen LogP contribution is -2.24. The summed E-state index contributed by atoms with van der Waals surface area (Å²) in [5.74, 6) is 1.15. The number of nitrogens with one attached hydrogen (secondary N) is 2. The topological polar surface area (TPSA) is 111 Å². The van der Waals surface area contributed by atoms with Gasteiger partial charge in [-0.15, -0.1) is 0 Å². The normalized spacial score (nSPS) is 12.3. The summed E-state index contributed by atoms with van der Waals surface area (Å²) >= 11 is 0. The van der Waals surface area contributed by atoms with Crippen LogP contribution in [-0.2, 0) is 17.9 Å². The molecule has 156 valence electrons. The molecule has 5 rings (SSSR count). The lowest BCUT2D eigenvalue weighted by atomic mass is 10.1. The highest BCUT2D eigenvalue weighted by Gasteiger charge is 2.23. The Labute approximate surface area is 184 Å². The van der Waals surface area contributed by atoms with Crippen molar-refractivity contribution in [3.05, 3.63) is 78.2 Å². The van der Waals surface area contributed by atoms with Crippen LogP contribution in [0, 0.1) is 11.3 Å². The van der Waals surface area contributed by atoms with E-state index in [0.29, 0.717) is 24.7 Å². The van der Waals surface area contributed by atoms with Crippen molar-refractivity contribution < 1.29 is 4.79 Å². The Balaban J connectivity index is 1.33. The summed E-state index contributed by atoms with van der Waals surface area (Å²) in [6, 6.07) is 17.8. The molecule has 0 aliphatic carbocycles. The van der Waals surface area contributed by atoms with Crippen molar-refractivity contribution in [2.45, 2.75) is 19.5 Å². The van der Waals surface area contributed by atoms with Gasteiger partial charge < -0.3 is 10.2 Å². The fourth-order valence-electron chi connectivity index (χ4n) is 3.76. The predicted molar refractivity (Wildman–Crippen MR) is 119 cm³/mol. The first-order valence-electron chi connectivity index (χ1n) is 10.2. The molecule has 2 aromatic carbocycles. The highest BCUT2D eigenvalue weighted by Crippen LogP contribution is 2.28. The molecule has 32 heavy (non-hydrogen) atoms. The molecule has 3 heterocycles. The van der Waals surface area contributed by atoms with Crippen LogP contribution in [-0.4, -0.2) is 31.0 Å². The van der Waals surface area contributed by atoms with Crippen LogP contribution in [0.4, 0.5) is 11.5 Å². The number of carbonyl (C=O) groups is 1. The summed E-state index contributed by atoms with van der Waals surface area (Å²) < 4.78 is 0. The highest BCUT2D eigenvalue weighted by molar-refractivity contribution is 5.79. The van der Waals surface area contributed by atoms with Crippen molar-refractivity contribution in [2.75, 3.05) is 5.32 Å². The molecule has 0 saturated carbocycles. The summed E-state index contributed by atoms with van der Waals surface area (Å²) in [6.45, 7) is 1.04. The highest BCUT2D eigenvalue weighted by atomic mass is 16.2. The Morgan fingerprint density at radius 1 is 1.06 bits per heavy atom. The molecule has 4 aromatic rings. The number of nitrogens with zero attached hydrogens (tertiary/aromatic N) is 5. The zero-order valence-electron chi connectivity index (χ0n) is 17.1. The van der Waals surface area contributed by atoms with Crippen molar-refractivity contribution in [1.82, 2.24) is 25.1 Å². The molecule has 0 bridgehead atoms. The molecule has 1 amide bonds. The average Bonchev–Trinajstić information content (AvgIpc) is 3.50. The first-order valence-corrected chi connectivity index (χ1v) is 10.2. The Morgan fingerprint density at radius 3 is 2.66 bits per heavy atom. The van der Waals surface area contributed by atoms with Gasteiger partial charge >= 0.3 is 0 Å². The zero-order chi connectivity index (χ0) is 21.9. The molecule has 2 aromatic heterocycles. The van der Waals surface area contributed by atoms with Crippen LogP contribution in [0.2, 0.25) is 0 Å². The predicted octanol–water partition coefficient (Wildman–Crippen LogP) is 4.03. The number of rotatable bonds is 5. The van der Waals surface area contributed by atoms with Gasteiger partial charge in [-0.3, -0.25) is 9.89 Å². The molecule has 0 spiro atoms. The van der Waals surface area contributed by atoms with E-state index in [1.807, 2.05) is 60.8 Å². The fourth-order valence-corrected chi connectivity index (χ4v) is 3.76. The lowest BCUT2D eigenvalue weighted by molar-refractivity contribution is -0.130. The van der Waals surface area contributed by atoms with Crippen molar-refractivity contribution in [3.63, 3.8) is 0 Å². The monoisotopic (exact) mass is 421 g/mol. The molecule has 8 heteroatoms. The van der Waals surface area contributed by atoms with Crippen molar-refractivity contribution in [2.24, 2.45) is 0 Å². The molecular formula is C24H19N7O. The molecule has 8 nitrogen and oxygen atoms in total. The number of benzene rings is 2. The number of hydrogen-bond donors (Lipinski definition) is 2. The van der Waals surface area contributed by atoms with Crippen LogP contribution < -0.4 is 5.32 Å². The molecule has 1 aliphatic rings. The number of H-pyrrole nitrogens is 1. The van der Waals surface area contributed by atoms with E-state index in [4.69, 9.17) is 5.26 Å². The first kappa shape index (κ1) is 19.5. The quantitative estimate of drug-likeness (QED) is 0.503. The number of aromatic nitrogens is 4. The van der Waals surface area contributed by atoms with Gasteiger partial charge in [-0.1, -0.05) is 24.3 Å². The largest absolute Gasteiger partial charge is 0.340 e. The standard InChI is InChI=1S/C24H19N7O/c25-9-7-23(32)31-14-18-2-1-17(11-19(18)15-31)24-26-10-8-22(30-24)29-21-5-3-16(4-6-21)20-12-27-28-13-20/h1-6,8,10-13H,7,14-15H2,(H,27,28)(H,26,29,30). The first-order chi connectivity index (χ1) is 15.7. The second-order valence-electron chi connectivity index (χ2n) is 7.52. The van der Waals surface area contributed by atoms with Crippen LogP contribution in [0.5, 0.6) is 0 Å². The van der Waals surface area contributed by atoms with E-state index < -0.39 is 0 Å². The minimum atomic E-state index is -0.147. The van der Waals surface area contributed by atoms with Crippen LogP contribution in [0.15, 0.2) is 67.1 Å². The Morgan fingerprint density at radius 2 is 1.88 bits per heavy atom. The van der Waals surface area contributed by atoms with Crippen molar-refractivity contribution >= 4 is 17.4 Å². The van der Waals surface area contributed by atoms with Gasteiger partial charge in [-0.05, 0) is 41.0 Å².